The highest BCUT2D eigenvalue weighted by atomic mass is 14.9. The third-order valence-electron chi connectivity index (χ3n) is 2.91. The molecule has 0 saturated carbocycles. The first-order chi connectivity index (χ1) is 8.93. The normalized spacial score (nSPS) is 10.4. The summed E-state index contributed by atoms with van der Waals surface area (Å²) >= 11 is 0. The Kier molecular flexibility index (Phi) is 2.88. The number of anilines is 1. The monoisotopic (exact) mass is 235 g/mol. The van der Waals surface area contributed by atoms with Crippen molar-refractivity contribution < 1.29 is 0 Å². The van der Waals surface area contributed by atoms with Gasteiger partial charge in [-0.3, -0.25) is 9.97 Å². The molecule has 3 nitrogen and oxygen atoms in total. The molecule has 2 aromatic heterocycles. The molecule has 88 valence electrons. The summed E-state index contributed by atoms with van der Waals surface area (Å²) in [4.78, 5) is 8.15. The van der Waals surface area contributed by atoms with E-state index < -0.39 is 0 Å². The molecule has 2 heterocycles. The second kappa shape index (κ2) is 4.84. The predicted octanol–water partition coefficient (Wildman–Crippen LogP) is 3.24. The minimum atomic E-state index is 0.796. The molecule has 1 aromatic carbocycles. The van der Waals surface area contributed by atoms with Crippen LogP contribution in [0.25, 0.3) is 10.8 Å². The van der Waals surface area contributed by atoms with Crippen LogP contribution in [0.4, 0.5) is 5.69 Å². The topological polar surface area (TPSA) is 37.8 Å². The van der Waals surface area contributed by atoms with E-state index in [2.05, 4.69) is 27.4 Å². The van der Waals surface area contributed by atoms with Crippen LogP contribution in [0.5, 0.6) is 0 Å². The van der Waals surface area contributed by atoms with Gasteiger partial charge in [-0.25, -0.2) is 0 Å². The van der Waals surface area contributed by atoms with Crippen molar-refractivity contribution in [1.29, 1.82) is 0 Å². The Balaban J connectivity index is 1.87. The number of fused-ring (bicyclic) bond motifs is 1. The number of hydrogen-bond acceptors (Lipinski definition) is 3. The molecule has 1 N–H and O–H groups in total. The van der Waals surface area contributed by atoms with E-state index in [4.69, 9.17) is 0 Å². The van der Waals surface area contributed by atoms with Crippen LogP contribution in [0, 0.1) is 0 Å². The molecule has 0 saturated heterocycles. The van der Waals surface area contributed by atoms with Gasteiger partial charge in [0.1, 0.15) is 0 Å². The van der Waals surface area contributed by atoms with Gasteiger partial charge in [0.2, 0.25) is 0 Å². The van der Waals surface area contributed by atoms with Gasteiger partial charge in [0, 0.05) is 47.8 Å². The van der Waals surface area contributed by atoms with Crippen LogP contribution in [-0.2, 0) is 6.54 Å². The molecule has 0 amide bonds. The number of hydrogen-bond donors (Lipinski definition) is 1. The standard InChI is InChI=1S/C15H13N3/c1-2-13-11-17-9-6-14(13)15(3-1)18-10-12-4-7-16-8-5-12/h1-9,11,18H,10H2. The van der Waals surface area contributed by atoms with E-state index in [0.29, 0.717) is 0 Å². The lowest BCUT2D eigenvalue weighted by molar-refractivity contribution is 1.13. The van der Waals surface area contributed by atoms with Gasteiger partial charge in [-0.2, -0.15) is 0 Å². The first-order valence-electron chi connectivity index (χ1n) is 5.89. The third kappa shape index (κ3) is 2.15. The molecule has 0 unspecified atom stereocenters. The van der Waals surface area contributed by atoms with Gasteiger partial charge in [-0.1, -0.05) is 12.1 Å². The van der Waals surface area contributed by atoms with Gasteiger partial charge >= 0.3 is 0 Å². The fourth-order valence-corrected chi connectivity index (χ4v) is 1.97. The Bertz CT molecular complexity index is 645. The summed E-state index contributed by atoms with van der Waals surface area (Å²) in [6.07, 6.45) is 7.32. The van der Waals surface area contributed by atoms with Crippen LogP contribution in [0.2, 0.25) is 0 Å². The number of aromatic nitrogens is 2. The van der Waals surface area contributed by atoms with E-state index in [1.165, 1.54) is 10.9 Å². The molecule has 3 aromatic rings. The lowest BCUT2D eigenvalue weighted by atomic mass is 10.1. The smallest absolute Gasteiger partial charge is 0.0423 e. The van der Waals surface area contributed by atoms with Crippen molar-refractivity contribution in [1.82, 2.24) is 9.97 Å². The molecule has 0 fully saturated rings. The predicted molar refractivity (Wildman–Crippen MR) is 73.3 cm³/mol. The molecule has 3 heteroatoms. The number of pyridine rings is 2. The lowest BCUT2D eigenvalue weighted by Gasteiger charge is -2.09. The minimum absolute atomic E-state index is 0.796. The fraction of sp³-hybridized carbons (Fsp3) is 0.0667. The van der Waals surface area contributed by atoms with Crippen molar-refractivity contribution in [2.24, 2.45) is 0 Å². The van der Waals surface area contributed by atoms with E-state index in [1.807, 2.05) is 49.1 Å². The van der Waals surface area contributed by atoms with Gasteiger partial charge in [0.25, 0.3) is 0 Å². The maximum Gasteiger partial charge on any atom is 0.0423 e. The van der Waals surface area contributed by atoms with Crippen molar-refractivity contribution in [3.8, 4) is 0 Å². The molecule has 0 aliphatic heterocycles. The Morgan fingerprint density at radius 1 is 0.889 bits per heavy atom. The maximum atomic E-state index is 4.14. The average molecular weight is 235 g/mol. The highest BCUT2D eigenvalue weighted by molar-refractivity contribution is 5.93. The number of benzene rings is 1. The second-order valence-electron chi connectivity index (χ2n) is 4.11. The summed E-state index contributed by atoms with van der Waals surface area (Å²) in [5.41, 5.74) is 2.35. The summed E-state index contributed by atoms with van der Waals surface area (Å²) in [7, 11) is 0. The van der Waals surface area contributed by atoms with Gasteiger partial charge < -0.3 is 5.32 Å². The van der Waals surface area contributed by atoms with E-state index in [9.17, 15) is 0 Å². The van der Waals surface area contributed by atoms with Crippen LogP contribution in [-0.4, -0.2) is 9.97 Å². The van der Waals surface area contributed by atoms with E-state index in [-0.39, 0.29) is 0 Å². The van der Waals surface area contributed by atoms with Crippen LogP contribution < -0.4 is 5.32 Å². The highest BCUT2D eigenvalue weighted by Gasteiger charge is 1.99. The average Bonchev–Trinajstić information content (AvgIpc) is 2.46. The summed E-state index contributed by atoms with van der Waals surface area (Å²) < 4.78 is 0. The molecule has 0 atom stereocenters. The number of rotatable bonds is 3. The molecular formula is C15H13N3. The highest BCUT2D eigenvalue weighted by Crippen LogP contribution is 2.22. The Morgan fingerprint density at radius 3 is 2.61 bits per heavy atom. The summed E-state index contributed by atoms with van der Waals surface area (Å²) in [5.74, 6) is 0. The van der Waals surface area contributed by atoms with Crippen molar-refractivity contribution in [2.45, 2.75) is 6.54 Å². The van der Waals surface area contributed by atoms with E-state index >= 15 is 0 Å². The fourth-order valence-electron chi connectivity index (χ4n) is 1.97. The molecule has 3 rings (SSSR count). The zero-order valence-electron chi connectivity index (χ0n) is 9.88. The number of nitrogens with one attached hydrogen (secondary N) is 1. The second-order valence-corrected chi connectivity index (χ2v) is 4.11. The largest absolute Gasteiger partial charge is 0.380 e. The first kappa shape index (κ1) is 10.7. The SMILES string of the molecule is c1cc(NCc2ccncc2)c2ccncc2c1. The van der Waals surface area contributed by atoms with Crippen LogP contribution in [0.15, 0.2) is 61.2 Å². The van der Waals surface area contributed by atoms with Crippen molar-refractivity contribution in [2.75, 3.05) is 5.32 Å². The number of nitrogens with zero attached hydrogens (tertiary/aromatic N) is 2. The molecule has 0 aliphatic rings. The molecule has 0 spiro atoms. The van der Waals surface area contributed by atoms with Crippen molar-refractivity contribution >= 4 is 16.5 Å². The maximum absolute atomic E-state index is 4.14. The Hall–Kier alpha value is -2.42. The van der Waals surface area contributed by atoms with Gasteiger partial charge in [0.05, 0.1) is 0 Å². The van der Waals surface area contributed by atoms with Gasteiger partial charge in [-0.15, -0.1) is 0 Å². The van der Waals surface area contributed by atoms with Gasteiger partial charge in [-0.05, 0) is 29.8 Å². The Labute approximate surface area is 106 Å². The lowest BCUT2D eigenvalue weighted by Crippen LogP contribution is -1.99. The zero-order chi connectivity index (χ0) is 12.2. The van der Waals surface area contributed by atoms with Gasteiger partial charge in [0.15, 0.2) is 0 Å². The van der Waals surface area contributed by atoms with Crippen LogP contribution in [0.3, 0.4) is 0 Å². The molecule has 0 radical (unpaired) electrons. The quantitative estimate of drug-likeness (QED) is 0.757. The summed E-state index contributed by atoms with van der Waals surface area (Å²) in [6, 6.07) is 12.3. The minimum Gasteiger partial charge on any atom is -0.380 e. The van der Waals surface area contributed by atoms with E-state index in [0.717, 1.165) is 17.6 Å². The Morgan fingerprint density at radius 2 is 1.72 bits per heavy atom. The van der Waals surface area contributed by atoms with E-state index in [1.54, 1.807) is 0 Å². The zero-order valence-corrected chi connectivity index (χ0v) is 9.88. The molecule has 0 aliphatic carbocycles. The first-order valence-corrected chi connectivity index (χ1v) is 5.89. The van der Waals surface area contributed by atoms with Crippen LogP contribution in [0.1, 0.15) is 5.56 Å². The van der Waals surface area contributed by atoms with Crippen molar-refractivity contribution in [3.63, 3.8) is 0 Å². The van der Waals surface area contributed by atoms with Crippen molar-refractivity contribution in [3.05, 3.63) is 66.7 Å². The summed E-state index contributed by atoms with van der Waals surface area (Å²) in [6.45, 7) is 0.796. The molecular weight excluding hydrogens is 222 g/mol. The van der Waals surface area contributed by atoms with Crippen LogP contribution >= 0.6 is 0 Å². The molecule has 18 heavy (non-hydrogen) atoms. The summed E-state index contributed by atoms with van der Waals surface area (Å²) in [5, 5.41) is 5.79. The third-order valence-corrected chi connectivity index (χ3v) is 2.91. The molecule has 0 bridgehead atoms.